The highest BCUT2D eigenvalue weighted by Crippen LogP contribution is 2.17. The van der Waals surface area contributed by atoms with Gasteiger partial charge in [-0.3, -0.25) is 10.1 Å². The maximum atomic E-state index is 12.8. The van der Waals surface area contributed by atoms with Crippen molar-refractivity contribution < 1.29 is 18.3 Å². The highest BCUT2D eigenvalue weighted by molar-refractivity contribution is 5.71. The zero-order valence-corrected chi connectivity index (χ0v) is 10.9. The Labute approximate surface area is 115 Å². The van der Waals surface area contributed by atoms with Crippen molar-refractivity contribution in [3.05, 3.63) is 36.0 Å². The summed E-state index contributed by atoms with van der Waals surface area (Å²) in [7, 11) is 0. The summed E-state index contributed by atoms with van der Waals surface area (Å²) < 4.78 is 22.9. The molecule has 0 radical (unpaired) electrons. The lowest BCUT2D eigenvalue weighted by Gasteiger charge is -2.01. The van der Waals surface area contributed by atoms with E-state index in [1.165, 1.54) is 12.1 Å². The number of benzene rings is 1. The summed E-state index contributed by atoms with van der Waals surface area (Å²) >= 11 is 0. The van der Waals surface area contributed by atoms with E-state index in [1.54, 1.807) is 19.1 Å². The fraction of sp³-hybridized carbons (Fsp3) is 0.308. The number of rotatable bonds is 6. The van der Waals surface area contributed by atoms with Crippen molar-refractivity contribution in [3.63, 3.8) is 0 Å². The minimum absolute atomic E-state index is 0.0715. The highest BCUT2D eigenvalue weighted by atomic mass is 19.1. The zero-order chi connectivity index (χ0) is 14.4. The molecule has 7 heteroatoms. The Bertz CT molecular complexity index is 568. The van der Waals surface area contributed by atoms with Crippen molar-refractivity contribution in [1.29, 1.82) is 0 Å². The first-order valence-electron chi connectivity index (χ1n) is 6.13. The zero-order valence-electron chi connectivity index (χ0n) is 10.9. The maximum absolute atomic E-state index is 12.8. The highest BCUT2D eigenvalue weighted by Gasteiger charge is 2.09. The summed E-state index contributed by atoms with van der Waals surface area (Å²) in [6.45, 7) is 2.41. The molecule has 2 rings (SSSR count). The average molecular weight is 279 g/mol. The van der Waals surface area contributed by atoms with Crippen LogP contribution in [0.25, 0.3) is 11.5 Å². The van der Waals surface area contributed by atoms with Crippen LogP contribution in [0.15, 0.2) is 28.7 Å². The van der Waals surface area contributed by atoms with Crippen LogP contribution < -0.4 is 5.32 Å². The summed E-state index contributed by atoms with van der Waals surface area (Å²) in [5, 5.41) is 10.5. The Hall–Kier alpha value is -2.28. The summed E-state index contributed by atoms with van der Waals surface area (Å²) in [5.41, 5.74) is 0.635. The van der Waals surface area contributed by atoms with Crippen molar-refractivity contribution in [2.75, 3.05) is 13.2 Å². The van der Waals surface area contributed by atoms with Gasteiger partial charge in [0.15, 0.2) is 0 Å². The molecule has 1 heterocycles. The normalized spacial score (nSPS) is 10.5. The molecular weight excluding hydrogens is 265 g/mol. The minimum Gasteiger partial charge on any atom is -0.465 e. The van der Waals surface area contributed by atoms with Gasteiger partial charge in [0.2, 0.25) is 11.8 Å². The van der Waals surface area contributed by atoms with Crippen molar-refractivity contribution in [2.24, 2.45) is 0 Å². The molecule has 6 nitrogen and oxygen atoms in total. The Kier molecular flexibility index (Phi) is 4.78. The van der Waals surface area contributed by atoms with Crippen LogP contribution in [0.2, 0.25) is 0 Å². The number of aromatic nitrogens is 2. The molecule has 1 aromatic heterocycles. The Morgan fingerprint density at radius 1 is 1.35 bits per heavy atom. The predicted octanol–water partition coefficient (Wildman–Crippen LogP) is 1.53. The summed E-state index contributed by atoms with van der Waals surface area (Å²) in [6, 6.07) is 5.74. The van der Waals surface area contributed by atoms with Gasteiger partial charge >= 0.3 is 5.97 Å². The van der Waals surface area contributed by atoms with Gasteiger partial charge in [-0.25, -0.2) is 4.39 Å². The van der Waals surface area contributed by atoms with Gasteiger partial charge in [-0.05, 0) is 31.2 Å². The van der Waals surface area contributed by atoms with Crippen LogP contribution in [0.4, 0.5) is 4.39 Å². The number of hydrogen-bond donors (Lipinski definition) is 1. The van der Waals surface area contributed by atoms with Crippen LogP contribution in [0, 0.1) is 5.82 Å². The quantitative estimate of drug-likeness (QED) is 0.808. The molecule has 0 unspecified atom stereocenters. The third-order valence-electron chi connectivity index (χ3n) is 2.41. The number of nitrogens with zero attached hydrogens (tertiary/aromatic N) is 2. The minimum atomic E-state index is -0.342. The van der Waals surface area contributed by atoms with Crippen molar-refractivity contribution in [3.8, 4) is 11.5 Å². The van der Waals surface area contributed by atoms with Gasteiger partial charge in [0, 0.05) is 5.56 Å². The van der Waals surface area contributed by atoms with E-state index in [0.717, 1.165) is 0 Å². The van der Waals surface area contributed by atoms with Crippen LogP contribution in [0.3, 0.4) is 0 Å². The molecule has 1 N–H and O–H groups in total. The lowest BCUT2D eigenvalue weighted by atomic mass is 10.2. The van der Waals surface area contributed by atoms with E-state index in [0.29, 0.717) is 24.0 Å². The van der Waals surface area contributed by atoms with E-state index < -0.39 is 0 Å². The standard InChI is InChI=1S/C13H14FN3O3/c1-2-19-12(18)8-15-7-11-16-17-13(20-11)9-3-5-10(14)6-4-9/h3-6,15H,2,7-8H2,1H3. The summed E-state index contributed by atoms with van der Waals surface area (Å²) in [5.74, 6) is -0.0260. The van der Waals surface area contributed by atoms with E-state index in [1.807, 2.05) is 0 Å². The molecule has 0 aliphatic carbocycles. The van der Waals surface area contributed by atoms with Gasteiger partial charge in [-0.1, -0.05) is 0 Å². The molecule has 0 bridgehead atoms. The van der Waals surface area contributed by atoms with Gasteiger partial charge in [-0.2, -0.15) is 0 Å². The molecule has 0 atom stereocenters. The summed E-state index contributed by atoms with van der Waals surface area (Å²) in [6.07, 6.45) is 0. The average Bonchev–Trinajstić information content (AvgIpc) is 2.89. The first-order chi connectivity index (χ1) is 9.69. The molecule has 0 saturated carbocycles. The third kappa shape index (κ3) is 3.86. The maximum Gasteiger partial charge on any atom is 0.319 e. The Balaban J connectivity index is 1.89. The van der Waals surface area contributed by atoms with Gasteiger partial charge in [0.1, 0.15) is 5.82 Å². The van der Waals surface area contributed by atoms with Crippen LogP contribution in [0.5, 0.6) is 0 Å². The number of halogens is 1. The van der Waals surface area contributed by atoms with Crippen molar-refractivity contribution in [1.82, 2.24) is 15.5 Å². The molecule has 106 valence electrons. The molecule has 0 amide bonds. The molecule has 1 aromatic carbocycles. The molecule has 0 fully saturated rings. The Morgan fingerprint density at radius 3 is 2.80 bits per heavy atom. The topological polar surface area (TPSA) is 77.2 Å². The van der Waals surface area contributed by atoms with Gasteiger partial charge in [0.05, 0.1) is 19.7 Å². The monoisotopic (exact) mass is 279 g/mol. The summed E-state index contributed by atoms with van der Waals surface area (Å²) in [4.78, 5) is 11.1. The largest absolute Gasteiger partial charge is 0.465 e. The lowest BCUT2D eigenvalue weighted by Crippen LogP contribution is -2.24. The fourth-order valence-electron chi connectivity index (χ4n) is 1.52. The van der Waals surface area contributed by atoms with E-state index in [9.17, 15) is 9.18 Å². The van der Waals surface area contributed by atoms with Gasteiger partial charge in [0.25, 0.3) is 0 Å². The van der Waals surface area contributed by atoms with E-state index >= 15 is 0 Å². The lowest BCUT2D eigenvalue weighted by molar-refractivity contribution is -0.142. The molecule has 0 aliphatic rings. The van der Waals surface area contributed by atoms with E-state index in [-0.39, 0.29) is 24.9 Å². The first-order valence-corrected chi connectivity index (χ1v) is 6.13. The van der Waals surface area contributed by atoms with Crippen LogP contribution >= 0.6 is 0 Å². The number of carbonyl (C=O) groups is 1. The molecule has 0 saturated heterocycles. The Morgan fingerprint density at radius 2 is 2.10 bits per heavy atom. The van der Waals surface area contributed by atoms with Crippen LogP contribution in [-0.2, 0) is 16.1 Å². The van der Waals surface area contributed by atoms with Crippen LogP contribution in [-0.4, -0.2) is 29.3 Å². The van der Waals surface area contributed by atoms with Gasteiger partial charge < -0.3 is 9.15 Å². The van der Waals surface area contributed by atoms with E-state index in [4.69, 9.17) is 9.15 Å². The number of hydrogen-bond acceptors (Lipinski definition) is 6. The number of esters is 1. The molecular formula is C13H14FN3O3. The van der Waals surface area contributed by atoms with Crippen molar-refractivity contribution >= 4 is 5.97 Å². The second-order valence-corrected chi connectivity index (χ2v) is 3.92. The number of ether oxygens (including phenoxy) is 1. The second-order valence-electron chi connectivity index (χ2n) is 3.92. The fourth-order valence-corrected chi connectivity index (χ4v) is 1.52. The smallest absolute Gasteiger partial charge is 0.319 e. The molecule has 2 aromatic rings. The molecule has 0 aliphatic heterocycles. The van der Waals surface area contributed by atoms with Crippen LogP contribution in [0.1, 0.15) is 12.8 Å². The SMILES string of the molecule is CCOC(=O)CNCc1nnc(-c2ccc(F)cc2)o1. The first kappa shape index (κ1) is 14.1. The molecule has 0 spiro atoms. The van der Waals surface area contributed by atoms with Crippen molar-refractivity contribution in [2.45, 2.75) is 13.5 Å². The molecule has 20 heavy (non-hydrogen) atoms. The van der Waals surface area contributed by atoms with E-state index in [2.05, 4.69) is 15.5 Å². The number of nitrogens with one attached hydrogen (secondary N) is 1. The van der Waals surface area contributed by atoms with Gasteiger partial charge in [-0.15, -0.1) is 10.2 Å². The number of carbonyl (C=O) groups excluding carboxylic acids is 1. The second kappa shape index (κ2) is 6.76. The predicted molar refractivity (Wildman–Crippen MR) is 68.0 cm³/mol. The third-order valence-corrected chi connectivity index (χ3v) is 2.41.